The van der Waals surface area contributed by atoms with Gasteiger partial charge in [-0.3, -0.25) is 0 Å². The van der Waals surface area contributed by atoms with Gasteiger partial charge in [0.05, 0.1) is 6.10 Å². The van der Waals surface area contributed by atoms with Gasteiger partial charge < -0.3 is 10.1 Å². The molecule has 114 valence electrons. The summed E-state index contributed by atoms with van der Waals surface area (Å²) in [5.41, 5.74) is 1.23. The molecule has 0 saturated heterocycles. The molecule has 0 aromatic carbocycles. The lowest BCUT2D eigenvalue weighted by molar-refractivity contribution is -0.188. The number of halogens is 3. The van der Waals surface area contributed by atoms with E-state index < -0.39 is 12.8 Å². The van der Waals surface area contributed by atoms with Gasteiger partial charge in [0.2, 0.25) is 0 Å². The predicted octanol–water partition coefficient (Wildman–Crippen LogP) is 4.29. The fourth-order valence-electron chi connectivity index (χ4n) is 2.63. The Morgan fingerprint density at radius 1 is 1.45 bits per heavy atom. The molecule has 0 spiro atoms. The highest BCUT2D eigenvalue weighted by molar-refractivity contribution is 7.07. The van der Waals surface area contributed by atoms with E-state index in [1.54, 1.807) is 11.3 Å². The smallest absolute Gasteiger partial charge is 0.369 e. The number of ether oxygens (including phenoxy) is 1. The van der Waals surface area contributed by atoms with Crippen molar-refractivity contribution in [2.45, 2.75) is 57.0 Å². The molecule has 1 aliphatic rings. The van der Waals surface area contributed by atoms with Gasteiger partial charge >= 0.3 is 6.18 Å². The van der Waals surface area contributed by atoms with Crippen molar-refractivity contribution in [1.29, 1.82) is 0 Å². The Bertz CT molecular complexity index is 394. The monoisotopic (exact) mass is 307 g/mol. The maximum Gasteiger partial charge on any atom is 0.411 e. The molecular formula is C14H20F3NOS. The molecule has 1 aromatic heterocycles. The molecule has 1 fully saturated rings. The topological polar surface area (TPSA) is 21.3 Å². The summed E-state index contributed by atoms with van der Waals surface area (Å²) in [6.45, 7) is 0.951. The lowest BCUT2D eigenvalue weighted by atomic mass is 9.92. The van der Waals surface area contributed by atoms with Crippen LogP contribution in [0.2, 0.25) is 0 Å². The second kappa shape index (κ2) is 6.91. The van der Waals surface area contributed by atoms with Crippen molar-refractivity contribution in [2.75, 3.05) is 6.61 Å². The molecule has 2 rings (SSSR count). The number of alkyl halides is 3. The molecule has 1 aliphatic carbocycles. The van der Waals surface area contributed by atoms with Crippen molar-refractivity contribution in [3.8, 4) is 0 Å². The molecule has 0 amide bonds. The predicted molar refractivity (Wildman–Crippen MR) is 73.9 cm³/mol. The van der Waals surface area contributed by atoms with Crippen molar-refractivity contribution in [2.24, 2.45) is 0 Å². The highest BCUT2D eigenvalue weighted by Crippen LogP contribution is 2.26. The Morgan fingerprint density at radius 2 is 2.25 bits per heavy atom. The zero-order valence-electron chi connectivity index (χ0n) is 11.5. The minimum atomic E-state index is -4.23. The molecule has 3 atom stereocenters. The summed E-state index contributed by atoms with van der Waals surface area (Å²) in [5.74, 6) is 0. The van der Waals surface area contributed by atoms with Gasteiger partial charge in [0.1, 0.15) is 6.61 Å². The molecule has 1 heterocycles. The van der Waals surface area contributed by atoms with Crippen LogP contribution in [0.25, 0.3) is 0 Å². The average molecular weight is 307 g/mol. The number of thiophene rings is 1. The van der Waals surface area contributed by atoms with Crippen LogP contribution < -0.4 is 5.32 Å². The van der Waals surface area contributed by atoms with E-state index in [1.807, 2.05) is 5.38 Å². The van der Waals surface area contributed by atoms with Gasteiger partial charge in [0.25, 0.3) is 0 Å². The SMILES string of the molecule is CC(NC1CCCC(OCC(F)(F)F)C1)c1ccsc1. The van der Waals surface area contributed by atoms with E-state index in [2.05, 4.69) is 23.7 Å². The maximum absolute atomic E-state index is 12.2. The first kappa shape index (κ1) is 15.8. The fraction of sp³-hybridized carbons (Fsp3) is 0.714. The zero-order chi connectivity index (χ0) is 14.6. The molecule has 20 heavy (non-hydrogen) atoms. The second-order valence-corrected chi connectivity index (χ2v) is 6.14. The lowest BCUT2D eigenvalue weighted by Crippen LogP contribution is -2.39. The van der Waals surface area contributed by atoms with E-state index in [9.17, 15) is 13.2 Å². The minimum absolute atomic E-state index is 0.229. The van der Waals surface area contributed by atoms with E-state index in [4.69, 9.17) is 4.74 Å². The van der Waals surface area contributed by atoms with Crippen LogP contribution in [0.5, 0.6) is 0 Å². The van der Waals surface area contributed by atoms with Crippen molar-refractivity contribution in [1.82, 2.24) is 5.32 Å². The third-order valence-electron chi connectivity index (χ3n) is 3.64. The molecule has 1 N–H and O–H groups in total. The molecule has 0 radical (unpaired) electrons. The van der Waals surface area contributed by atoms with Crippen LogP contribution in [0.3, 0.4) is 0 Å². The van der Waals surface area contributed by atoms with E-state index in [1.165, 1.54) is 5.56 Å². The first-order valence-corrected chi connectivity index (χ1v) is 7.85. The van der Waals surface area contributed by atoms with Crippen LogP contribution in [-0.4, -0.2) is 24.9 Å². The Balaban J connectivity index is 1.78. The van der Waals surface area contributed by atoms with Crippen LogP contribution in [0.1, 0.15) is 44.2 Å². The second-order valence-electron chi connectivity index (χ2n) is 5.36. The lowest BCUT2D eigenvalue weighted by Gasteiger charge is -2.32. The molecule has 1 saturated carbocycles. The van der Waals surface area contributed by atoms with E-state index in [0.29, 0.717) is 6.42 Å². The molecular weight excluding hydrogens is 287 g/mol. The van der Waals surface area contributed by atoms with Gasteiger partial charge in [-0.15, -0.1) is 0 Å². The summed E-state index contributed by atoms with van der Waals surface area (Å²) in [4.78, 5) is 0. The van der Waals surface area contributed by atoms with E-state index in [-0.39, 0.29) is 18.2 Å². The largest absolute Gasteiger partial charge is 0.411 e. The van der Waals surface area contributed by atoms with Gasteiger partial charge in [-0.1, -0.05) is 0 Å². The Hall–Kier alpha value is -0.590. The van der Waals surface area contributed by atoms with Crippen LogP contribution in [0.15, 0.2) is 16.8 Å². The average Bonchev–Trinajstić information content (AvgIpc) is 2.90. The van der Waals surface area contributed by atoms with Gasteiger partial charge in [-0.05, 0) is 55.0 Å². The minimum Gasteiger partial charge on any atom is -0.369 e. The number of nitrogens with one attached hydrogen (secondary N) is 1. The van der Waals surface area contributed by atoms with Crippen molar-refractivity contribution in [3.05, 3.63) is 22.4 Å². The molecule has 0 aliphatic heterocycles. The summed E-state index contributed by atoms with van der Waals surface area (Å²) < 4.78 is 41.5. The van der Waals surface area contributed by atoms with E-state index in [0.717, 1.165) is 19.3 Å². The maximum atomic E-state index is 12.2. The van der Waals surface area contributed by atoms with Gasteiger partial charge in [0, 0.05) is 12.1 Å². The molecule has 3 unspecified atom stereocenters. The van der Waals surface area contributed by atoms with Gasteiger partial charge in [-0.25, -0.2) is 0 Å². The summed E-state index contributed by atoms with van der Waals surface area (Å²) >= 11 is 1.65. The molecule has 2 nitrogen and oxygen atoms in total. The first-order chi connectivity index (χ1) is 9.44. The molecule has 1 aromatic rings. The highest BCUT2D eigenvalue weighted by Gasteiger charge is 2.31. The fourth-order valence-corrected chi connectivity index (χ4v) is 3.39. The normalized spacial score (nSPS) is 25.6. The Labute approximate surface area is 121 Å². The van der Waals surface area contributed by atoms with Crippen LogP contribution in [0, 0.1) is 0 Å². The molecule has 0 bridgehead atoms. The summed E-state index contributed by atoms with van der Waals surface area (Å²) in [6.07, 6.45) is -1.22. The van der Waals surface area contributed by atoms with Gasteiger partial charge in [-0.2, -0.15) is 24.5 Å². The zero-order valence-corrected chi connectivity index (χ0v) is 12.3. The standard InChI is InChI=1S/C14H20F3NOS/c1-10(11-5-6-20-8-11)18-12-3-2-4-13(7-12)19-9-14(15,16)17/h5-6,8,10,12-13,18H,2-4,7,9H2,1H3. The quantitative estimate of drug-likeness (QED) is 0.876. The summed E-state index contributed by atoms with van der Waals surface area (Å²) in [7, 11) is 0. The van der Waals surface area contributed by atoms with Gasteiger partial charge in [0.15, 0.2) is 0 Å². The Kier molecular flexibility index (Phi) is 5.46. The third-order valence-corrected chi connectivity index (χ3v) is 4.34. The number of hydrogen-bond acceptors (Lipinski definition) is 3. The third kappa shape index (κ3) is 5.07. The van der Waals surface area contributed by atoms with Crippen molar-refractivity contribution < 1.29 is 17.9 Å². The number of hydrogen-bond donors (Lipinski definition) is 1. The van der Waals surface area contributed by atoms with E-state index >= 15 is 0 Å². The van der Waals surface area contributed by atoms with Crippen molar-refractivity contribution >= 4 is 11.3 Å². The number of rotatable bonds is 5. The van der Waals surface area contributed by atoms with Crippen LogP contribution >= 0.6 is 11.3 Å². The Morgan fingerprint density at radius 3 is 2.90 bits per heavy atom. The van der Waals surface area contributed by atoms with Crippen LogP contribution in [-0.2, 0) is 4.74 Å². The molecule has 6 heteroatoms. The summed E-state index contributed by atoms with van der Waals surface area (Å²) in [6, 6.07) is 2.53. The summed E-state index contributed by atoms with van der Waals surface area (Å²) in [5, 5.41) is 7.62. The van der Waals surface area contributed by atoms with Crippen LogP contribution in [0.4, 0.5) is 13.2 Å². The van der Waals surface area contributed by atoms with Crippen molar-refractivity contribution in [3.63, 3.8) is 0 Å². The first-order valence-electron chi connectivity index (χ1n) is 6.90. The highest BCUT2D eigenvalue weighted by atomic mass is 32.1.